The molecule has 0 aromatic heterocycles. The number of ether oxygens (including phenoxy) is 1. The summed E-state index contributed by atoms with van der Waals surface area (Å²) in [5.41, 5.74) is 6.83. The van der Waals surface area contributed by atoms with E-state index in [9.17, 15) is 4.79 Å². The zero-order valence-corrected chi connectivity index (χ0v) is 12.6. The van der Waals surface area contributed by atoms with E-state index >= 15 is 0 Å². The molecule has 0 saturated carbocycles. The van der Waals surface area contributed by atoms with E-state index in [0.717, 1.165) is 38.4 Å². The van der Waals surface area contributed by atoms with E-state index in [1.165, 1.54) is 0 Å². The van der Waals surface area contributed by atoms with Gasteiger partial charge in [-0.15, -0.1) is 0 Å². The molecule has 1 amide bonds. The summed E-state index contributed by atoms with van der Waals surface area (Å²) in [7, 11) is 0. The summed E-state index contributed by atoms with van der Waals surface area (Å²) < 4.78 is 5.38. The van der Waals surface area contributed by atoms with Crippen molar-refractivity contribution in [2.45, 2.75) is 25.4 Å². The molecule has 116 valence electrons. The highest BCUT2D eigenvalue weighted by atomic mass is 16.5. The minimum Gasteiger partial charge on any atom is -0.379 e. The van der Waals surface area contributed by atoms with Crippen LogP contribution in [0.3, 0.4) is 0 Å². The normalized spacial score (nSPS) is 19.0. The largest absolute Gasteiger partial charge is 0.379 e. The zero-order valence-electron chi connectivity index (χ0n) is 12.6. The number of amides is 1. The third kappa shape index (κ3) is 5.46. The second kappa shape index (κ2) is 8.12. The fourth-order valence-corrected chi connectivity index (χ4v) is 2.51. The number of rotatable bonds is 6. The number of benzene rings is 1. The second-order valence-electron chi connectivity index (χ2n) is 5.63. The highest BCUT2D eigenvalue weighted by Gasteiger charge is 2.20. The van der Waals surface area contributed by atoms with Crippen molar-refractivity contribution in [1.29, 1.82) is 0 Å². The number of nitrogens with two attached hydrogens (primary N) is 1. The number of nitrogens with one attached hydrogen (secondary N) is 1. The van der Waals surface area contributed by atoms with Gasteiger partial charge >= 0.3 is 0 Å². The predicted molar refractivity (Wildman–Crippen MR) is 82.9 cm³/mol. The Balaban J connectivity index is 2.01. The first-order chi connectivity index (χ1) is 10.1. The summed E-state index contributed by atoms with van der Waals surface area (Å²) in [4.78, 5) is 14.4. The molecule has 2 atom stereocenters. The van der Waals surface area contributed by atoms with Crippen molar-refractivity contribution >= 4 is 5.91 Å². The quantitative estimate of drug-likeness (QED) is 0.817. The molecule has 1 saturated heterocycles. The summed E-state index contributed by atoms with van der Waals surface area (Å²) in [5, 5.41) is 3.11. The maximum atomic E-state index is 12.0. The Hall–Kier alpha value is -1.43. The van der Waals surface area contributed by atoms with E-state index < -0.39 is 0 Å². The minimum atomic E-state index is -0.121. The van der Waals surface area contributed by atoms with Crippen LogP contribution in [0.25, 0.3) is 0 Å². The Morgan fingerprint density at radius 1 is 1.33 bits per heavy atom. The van der Waals surface area contributed by atoms with Crippen molar-refractivity contribution in [2.24, 2.45) is 5.73 Å². The van der Waals surface area contributed by atoms with E-state index in [1.807, 2.05) is 25.1 Å². The number of carbonyl (C=O) groups excluding carboxylic acids is 1. The van der Waals surface area contributed by atoms with E-state index in [0.29, 0.717) is 6.42 Å². The summed E-state index contributed by atoms with van der Waals surface area (Å²) in [6.45, 7) is 5.99. The number of carbonyl (C=O) groups is 1. The van der Waals surface area contributed by atoms with Crippen LogP contribution < -0.4 is 11.1 Å². The van der Waals surface area contributed by atoms with Gasteiger partial charge in [-0.3, -0.25) is 9.69 Å². The summed E-state index contributed by atoms with van der Waals surface area (Å²) in [6.07, 6.45) is 0.354. The zero-order chi connectivity index (χ0) is 15.1. The molecular formula is C16H25N3O2. The molecule has 1 aliphatic rings. The van der Waals surface area contributed by atoms with Crippen molar-refractivity contribution in [3.8, 4) is 0 Å². The van der Waals surface area contributed by atoms with Gasteiger partial charge in [0.25, 0.3) is 0 Å². The van der Waals surface area contributed by atoms with Crippen molar-refractivity contribution < 1.29 is 9.53 Å². The molecule has 1 aromatic carbocycles. The molecule has 0 bridgehead atoms. The predicted octanol–water partition coefficient (Wildman–Crippen LogP) is 0.913. The average Bonchev–Trinajstić information content (AvgIpc) is 2.48. The molecule has 1 heterocycles. The van der Waals surface area contributed by atoms with Crippen LogP contribution in [-0.4, -0.2) is 49.7 Å². The molecule has 5 heteroatoms. The fourth-order valence-electron chi connectivity index (χ4n) is 2.51. The van der Waals surface area contributed by atoms with Crippen molar-refractivity contribution in [1.82, 2.24) is 10.2 Å². The number of hydrogen-bond acceptors (Lipinski definition) is 4. The first kappa shape index (κ1) is 15.9. The summed E-state index contributed by atoms with van der Waals surface area (Å²) in [6, 6.07) is 9.96. The molecule has 5 nitrogen and oxygen atoms in total. The molecule has 0 aliphatic carbocycles. The maximum absolute atomic E-state index is 12.0. The van der Waals surface area contributed by atoms with Gasteiger partial charge in [0.15, 0.2) is 0 Å². The molecule has 2 rings (SSSR count). The summed E-state index contributed by atoms with van der Waals surface area (Å²) in [5.74, 6) is 0.00659. The van der Waals surface area contributed by atoms with E-state index in [1.54, 1.807) is 0 Å². The standard InChI is InChI=1S/C16H25N3O2/c1-13(17)11-16(20)18-15(14-5-3-2-4-6-14)12-19-7-9-21-10-8-19/h2-6,13,15H,7-12,17H2,1H3,(H,18,20). The topological polar surface area (TPSA) is 67.6 Å². The van der Waals surface area contributed by atoms with Crippen molar-refractivity contribution in [2.75, 3.05) is 32.8 Å². The smallest absolute Gasteiger partial charge is 0.222 e. The van der Waals surface area contributed by atoms with Gasteiger partial charge in [-0.25, -0.2) is 0 Å². The lowest BCUT2D eigenvalue weighted by Crippen LogP contribution is -2.43. The van der Waals surface area contributed by atoms with Crippen LogP contribution in [0.5, 0.6) is 0 Å². The number of morpholine rings is 1. The van der Waals surface area contributed by atoms with Gasteiger partial charge in [-0.05, 0) is 12.5 Å². The van der Waals surface area contributed by atoms with Crippen LogP contribution in [0.2, 0.25) is 0 Å². The van der Waals surface area contributed by atoms with Gasteiger partial charge in [0.2, 0.25) is 5.91 Å². The van der Waals surface area contributed by atoms with Gasteiger partial charge in [-0.2, -0.15) is 0 Å². The van der Waals surface area contributed by atoms with E-state index in [-0.39, 0.29) is 18.0 Å². The SMILES string of the molecule is CC(N)CC(=O)NC(CN1CCOCC1)c1ccccc1. The molecule has 3 N–H and O–H groups in total. The number of nitrogens with zero attached hydrogens (tertiary/aromatic N) is 1. The molecular weight excluding hydrogens is 266 g/mol. The average molecular weight is 291 g/mol. The van der Waals surface area contributed by atoms with Crippen LogP contribution in [0.1, 0.15) is 24.9 Å². The third-order valence-corrected chi connectivity index (χ3v) is 3.59. The Bertz CT molecular complexity index is 430. The van der Waals surface area contributed by atoms with Gasteiger partial charge in [0.05, 0.1) is 19.3 Å². The Morgan fingerprint density at radius 3 is 2.62 bits per heavy atom. The van der Waals surface area contributed by atoms with Crippen molar-refractivity contribution in [3.63, 3.8) is 0 Å². The third-order valence-electron chi connectivity index (χ3n) is 3.59. The molecule has 1 aliphatic heterocycles. The van der Waals surface area contributed by atoms with Crippen LogP contribution in [0.4, 0.5) is 0 Å². The fraction of sp³-hybridized carbons (Fsp3) is 0.562. The lowest BCUT2D eigenvalue weighted by Gasteiger charge is -2.31. The molecule has 1 fully saturated rings. The summed E-state index contributed by atoms with van der Waals surface area (Å²) >= 11 is 0. The first-order valence-electron chi connectivity index (χ1n) is 7.55. The van der Waals surface area contributed by atoms with Gasteiger partial charge in [0, 0.05) is 32.1 Å². The Kier molecular flexibility index (Phi) is 6.17. The van der Waals surface area contributed by atoms with E-state index in [4.69, 9.17) is 10.5 Å². The van der Waals surface area contributed by atoms with Crippen LogP contribution in [-0.2, 0) is 9.53 Å². The van der Waals surface area contributed by atoms with Gasteiger partial charge in [0.1, 0.15) is 0 Å². The van der Waals surface area contributed by atoms with Crippen LogP contribution in [0.15, 0.2) is 30.3 Å². The second-order valence-corrected chi connectivity index (χ2v) is 5.63. The lowest BCUT2D eigenvalue weighted by molar-refractivity contribution is -0.122. The monoisotopic (exact) mass is 291 g/mol. The molecule has 21 heavy (non-hydrogen) atoms. The minimum absolute atomic E-state index is 0.00412. The van der Waals surface area contributed by atoms with Crippen LogP contribution >= 0.6 is 0 Å². The maximum Gasteiger partial charge on any atom is 0.222 e. The van der Waals surface area contributed by atoms with Gasteiger partial charge in [-0.1, -0.05) is 30.3 Å². The molecule has 2 unspecified atom stereocenters. The highest BCUT2D eigenvalue weighted by molar-refractivity contribution is 5.77. The first-order valence-corrected chi connectivity index (χ1v) is 7.55. The Morgan fingerprint density at radius 2 is 2.00 bits per heavy atom. The molecule has 1 aromatic rings. The lowest BCUT2D eigenvalue weighted by atomic mass is 10.1. The van der Waals surface area contributed by atoms with Crippen molar-refractivity contribution in [3.05, 3.63) is 35.9 Å². The van der Waals surface area contributed by atoms with Gasteiger partial charge < -0.3 is 15.8 Å². The molecule has 0 radical (unpaired) electrons. The Labute approximate surface area is 126 Å². The van der Waals surface area contributed by atoms with Crippen LogP contribution in [0, 0.1) is 0 Å². The highest BCUT2D eigenvalue weighted by Crippen LogP contribution is 2.15. The molecule has 0 spiro atoms. The van der Waals surface area contributed by atoms with E-state index in [2.05, 4.69) is 22.3 Å². The number of hydrogen-bond donors (Lipinski definition) is 2.